The van der Waals surface area contributed by atoms with Crippen LogP contribution in [0.15, 0.2) is 94.1 Å². The second-order valence-electron chi connectivity index (χ2n) is 10.7. The van der Waals surface area contributed by atoms with Crippen molar-refractivity contribution < 1.29 is 0 Å². The van der Waals surface area contributed by atoms with Crippen molar-refractivity contribution in [3.8, 4) is 11.1 Å². The zero-order chi connectivity index (χ0) is 23.8. The van der Waals surface area contributed by atoms with Crippen molar-refractivity contribution in [2.75, 3.05) is 0 Å². The van der Waals surface area contributed by atoms with Gasteiger partial charge >= 0.3 is 0 Å². The first-order chi connectivity index (χ1) is 16.3. The second kappa shape index (κ2) is 7.38. The first-order valence-electron chi connectivity index (χ1n) is 12.3. The molecular weight excluding hydrogens is 426 g/mol. The summed E-state index contributed by atoms with van der Waals surface area (Å²) in [6.45, 7) is 14.2. The van der Waals surface area contributed by atoms with E-state index >= 15 is 0 Å². The molecule has 3 aromatic rings. The van der Waals surface area contributed by atoms with Gasteiger partial charge in [0.05, 0.1) is 19.1 Å². The third kappa shape index (κ3) is 2.88. The van der Waals surface area contributed by atoms with Crippen LogP contribution < -0.4 is 15.8 Å². The van der Waals surface area contributed by atoms with Crippen LogP contribution in [0.4, 0.5) is 0 Å². The lowest BCUT2D eigenvalue weighted by Gasteiger charge is -2.36. The first kappa shape index (κ1) is 21.3. The zero-order valence-electron chi connectivity index (χ0n) is 21.0. The van der Waals surface area contributed by atoms with Crippen molar-refractivity contribution in [2.45, 2.75) is 46.3 Å². The van der Waals surface area contributed by atoms with E-state index in [0.717, 1.165) is 5.36 Å². The Morgan fingerprint density at radius 3 is 2.29 bits per heavy atom. The summed E-state index contributed by atoms with van der Waals surface area (Å²) in [7, 11) is -2.01. The Balaban J connectivity index is 1.73. The summed E-state index contributed by atoms with van der Waals surface area (Å²) < 4.78 is 0. The van der Waals surface area contributed by atoms with Gasteiger partial charge in [0, 0.05) is 16.3 Å². The maximum Gasteiger partial charge on any atom is 0.0934 e. The molecule has 1 nitrogen and oxygen atoms in total. The minimum Gasteiger partial charge on any atom is -0.247 e. The van der Waals surface area contributed by atoms with E-state index in [1.807, 2.05) is 0 Å². The number of fused-ring (bicyclic) bond motifs is 3. The lowest BCUT2D eigenvalue weighted by Crippen LogP contribution is -2.53. The Kier molecular flexibility index (Phi) is 4.63. The average molecular weight is 458 g/mol. The molecule has 0 aromatic heterocycles. The molecule has 1 aliphatic heterocycles. The van der Waals surface area contributed by atoms with Crippen LogP contribution in [0.3, 0.4) is 0 Å². The van der Waals surface area contributed by atoms with Gasteiger partial charge in [-0.25, -0.2) is 4.99 Å². The molecule has 0 fully saturated rings. The number of hydrogen-bond acceptors (Lipinski definition) is 1. The topological polar surface area (TPSA) is 12.4 Å². The van der Waals surface area contributed by atoms with Crippen LogP contribution in [-0.4, -0.2) is 8.07 Å². The molecule has 0 saturated carbocycles. The third-order valence-electron chi connectivity index (χ3n) is 8.14. The summed E-state index contributed by atoms with van der Waals surface area (Å²) in [4.78, 5) is 5.16. The molecule has 0 N–H and O–H groups in total. The normalized spacial score (nSPS) is 18.4. The third-order valence-corrected chi connectivity index (χ3v) is 12.3. The van der Waals surface area contributed by atoms with E-state index in [1.165, 1.54) is 61.0 Å². The van der Waals surface area contributed by atoms with Crippen LogP contribution >= 0.6 is 0 Å². The standard InChI is InChI=1S/C32H31NSi/c1-19-17-26-29-27(33-30(26)22(19)4)18-21(3)32(28(29)23-12-8-7-9-13-23)34(5,6)31-20(2)16-24-14-10-11-15-25(24)31/h7-18,31H,1-6H3. The van der Waals surface area contributed by atoms with Crippen LogP contribution in [0.5, 0.6) is 0 Å². The Morgan fingerprint density at radius 1 is 0.824 bits per heavy atom. The summed E-state index contributed by atoms with van der Waals surface area (Å²) in [6, 6.07) is 22.4. The average Bonchev–Trinajstić information content (AvgIpc) is 3.43. The largest absolute Gasteiger partial charge is 0.247 e. The van der Waals surface area contributed by atoms with E-state index in [4.69, 9.17) is 4.99 Å². The van der Waals surface area contributed by atoms with Crippen LogP contribution in [-0.2, 0) is 0 Å². The second-order valence-corrected chi connectivity index (χ2v) is 15.2. The predicted molar refractivity (Wildman–Crippen MR) is 147 cm³/mol. The number of benzene rings is 3. The molecule has 34 heavy (non-hydrogen) atoms. The lowest BCUT2D eigenvalue weighted by molar-refractivity contribution is 1.08. The summed E-state index contributed by atoms with van der Waals surface area (Å²) >= 11 is 0. The van der Waals surface area contributed by atoms with E-state index in [0.29, 0.717) is 5.54 Å². The quantitative estimate of drug-likeness (QED) is 0.407. The van der Waals surface area contributed by atoms with Gasteiger partial charge in [0.15, 0.2) is 0 Å². The number of aryl methyl sites for hydroxylation is 1. The highest BCUT2D eigenvalue weighted by molar-refractivity contribution is 6.92. The van der Waals surface area contributed by atoms with Gasteiger partial charge < -0.3 is 0 Å². The van der Waals surface area contributed by atoms with Crippen molar-refractivity contribution in [1.29, 1.82) is 0 Å². The molecule has 6 rings (SSSR count). The molecule has 0 saturated heterocycles. The van der Waals surface area contributed by atoms with Gasteiger partial charge in [0.1, 0.15) is 0 Å². The van der Waals surface area contributed by atoms with Crippen molar-refractivity contribution >= 4 is 24.9 Å². The first-order valence-corrected chi connectivity index (χ1v) is 15.4. The number of rotatable bonds is 3. The fraction of sp³-hybridized carbons (Fsp3) is 0.219. The number of allylic oxidation sites excluding steroid dienone is 4. The van der Waals surface area contributed by atoms with Gasteiger partial charge in [-0.05, 0) is 84.0 Å². The van der Waals surface area contributed by atoms with Crippen LogP contribution in [0.2, 0.25) is 13.1 Å². The molecular formula is C32H31NSi. The van der Waals surface area contributed by atoms with Gasteiger partial charge in [0.25, 0.3) is 0 Å². The summed E-state index contributed by atoms with van der Waals surface area (Å²) in [5.74, 6) is 0. The highest BCUT2D eigenvalue weighted by atomic mass is 28.3. The smallest absolute Gasteiger partial charge is 0.0934 e. The van der Waals surface area contributed by atoms with Gasteiger partial charge in [0.2, 0.25) is 0 Å². The Hall–Kier alpha value is -3.23. The molecule has 168 valence electrons. The summed E-state index contributed by atoms with van der Waals surface area (Å²) in [5.41, 5.74) is 14.1. The fourth-order valence-corrected chi connectivity index (χ4v) is 11.3. The van der Waals surface area contributed by atoms with Gasteiger partial charge in [-0.3, -0.25) is 0 Å². The minimum absolute atomic E-state index is 0.476. The van der Waals surface area contributed by atoms with Crippen molar-refractivity contribution in [3.63, 3.8) is 0 Å². The zero-order valence-corrected chi connectivity index (χ0v) is 22.0. The lowest BCUT2D eigenvalue weighted by atomic mass is 9.98. The van der Waals surface area contributed by atoms with E-state index < -0.39 is 8.07 Å². The van der Waals surface area contributed by atoms with Crippen molar-refractivity contribution in [1.82, 2.24) is 0 Å². The molecule has 2 aliphatic carbocycles. The summed E-state index contributed by atoms with van der Waals surface area (Å²) in [5, 5.41) is 4.05. The fourth-order valence-electron chi connectivity index (χ4n) is 6.70. The maximum atomic E-state index is 5.16. The molecule has 0 bridgehead atoms. The Bertz CT molecular complexity index is 1600. The molecule has 1 atom stereocenters. The molecule has 0 amide bonds. The SMILES string of the molecule is CC1=CC2=c3c(-c4ccccc4)c([Si](C)(C)C4C(C)=Cc5ccccc54)c(C)cc3=NC2=C1C. The van der Waals surface area contributed by atoms with Crippen LogP contribution in [0, 0.1) is 6.92 Å². The molecule has 1 unspecified atom stereocenters. The number of hydrogen-bond donors (Lipinski definition) is 0. The van der Waals surface area contributed by atoms with E-state index in [9.17, 15) is 0 Å². The molecule has 2 heteroatoms. The molecule has 3 aliphatic rings. The highest BCUT2D eigenvalue weighted by Gasteiger charge is 2.42. The molecule has 0 spiro atoms. The van der Waals surface area contributed by atoms with E-state index in [-0.39, 0.29) is 0 Å². The molecule has 1 heterocycles. The highest BCUT2D eigenvalue weighted by Crippen LogP contribution is 2.43. The monoisotopic (exact) mass is 457 g/mol. The van der Waals surface area contributed by atoms with Gasteiger partial charge in [-0.15, -0.1) is 0 Å². The molecule has 3 aromatic carbocycles. The van der Waals surface area contributed by atoms with Crippen LogP contribution in [0.1, 0.15) is 43.0 Å². The summed E-state index contributed by atoms with van der Waals surface area (Å²) in [6.07, 6.45) is 4.77. The minimum atomic E-state index is -2.01. The predicted octanol–water partition coefficient (Wildman–Crippen LogP) is 6.34. The van der Waals surface area contributed by atoms with E-state index in [1.54, 1.807) is 5.19 Å². The number of nitrogens with zero attached hydrogens (tertiary/aromatic N) is 1. The Morgan fingerprint density at radius 2 is 1.53 bits per heavy atom. The Labute approximate surface area is 203 Å². The molecule has 0 radical (unpaired) electrons. The van der Waals surface area contributed by atoms with E-state index in [2.05, 4.69) is 114 Å². The van der Waals surface area contributed by atoms with Gasteiger partial charge in [-0.2, -0.15) is 0 Å². The van der Waals surface area contributed by atoms with Crippen LogP contribution in [0.25, 0.3) is 22.8 Å². The van der Waals surface area contributed by atoms with Crippen molar-refractivity contribution in [2.24, 2.45) is 4.99 Å². The van der Waals surface area contributed by atoms with Crippen molar-refractivity contribution in [3.05, 3.63) is 116 Å². The van der Waals surface area contributed by atoms with Gasteiger partial charge in [-0.1, -0.05) is 79.3 Å². The maximum absolute atomic E-state index is 5.16.